The van der Waals surface area contributed by atoms with Crippen molar-refractivity contribution >= 4 is 11.9 Å². The zero-order valence-corrected chi connectivity index (χ0v) is 5.82. The third kappa shape index (κ3) is 1.05. The lowest BCUT2D eigenvalue weighted by Gasteiger charge is -2.10. The van der Waals surface area contributed by atoms with Crippen LogP contribution in [0.4, 0.5) is 5.69 Å². The molecule has 1 heterocycles. The minimum absolute atomic E-state index is 0.214. The van der Waals surface area contributed by atoms with E-state index in [1.54, 1.807) is 24.4 Å². The maximum atomic E-state index is 9.06. The lowest BCUT2D eigenvalue weighted by atomic mass is 10.2. The molecule has 0 amide bonds. The van der Waals surface area contributed by atoms with Gasteiger partial charge in [-0.3, -0.25) is 4.99 Å². The van der Waals surface area contributed by atoms with Crippen molar-refractivity contribution in [3.63, 3.8) is 0 Å². The molecule has 2 rings (SSSR count). The summed E-state index contributed by atoms with van der Waals surface area (Å²) in [6.07, 6.45) is 1.67. The molecular weight excluding hydrogens is 142 g/mol. The van der Waals surface area contributed by atoms with Crippen LogP contribution < -0.4 is 4.74 Å². The van der Waals surface area contributed by atoms with Crippen LogP contribution in [0.25, 0.3) is 0 Å². The van der Waals surface area contributed by atoms with Crippen LogP contribution in [0.5, 0.6) is 11.5 Å². The van der Waals surface area contributed by atoms with Gasteiger partial charge in [0.05, 0.1) is 0 Å². The van der Waals surface area contributed by atoms with E-state index < -0.39 is 0 Å². The number of aromatic hydroxyl groups is 1. The molecule has 0 spiro atoms. The maximum Gasteiger partial charge on any atom is 0.145 e. The maximum absolute atomic E-state index is 9.06. The quantitative estimate of drug-likeness (QED) is 0.607. The Morgan fingerprint density at radius 2 is 2.36 bits per heavy atom. The Morgan fingerprint density at radius 1 is 1.45 bits per heavy atom. The third-order valence-electron chi connectivity index (χ3n) is 1.49. The van der Waals surface area contributed by atoms with Crippen molar-refractivity contribution in [1.82, 2.24) is 0 Å². The Hall–Kier alpha value is -1.51. The fourth-order valence-electron chi connectivity index (χ4n) is 0.991. The zero-order chi connectivity index (χ0) is 7.68. The highest BCUT2D eigenvalue weighted by molar-refractivity contribution is 5.71. The van der Waals surface area contributed by atoms with Gasteiger partial charge >= 0.3 is 0 Å². The first-order valence-corrected chi connectivity index (χ1v) is 3.34. The molecule has 0 fully saturated rings. The molecule has 0 unspecified atom stereocenters. The van der Waals surface area contributed by atoms with E-state index in [1.807, 2.05) is 0 Å². The van der Waals surface area contributed by atoms with Crippen molar-refractivity contribution in [2.45, 2.75) is 0 Å². The summed E-state index contributed by atoms with van der Waals surface area (Å²) in [5, 5.41) is 9.06. The van der Waals surface area contributed by atoms with Gasteiger partial charge in [-0.05, 0) is 12.1 Å². The highest BCUT2D eigenvalue weighted by Gasteiger charge is 2.05. The van der Waals surface area contributed by atoms with Crippen molar-refractivity contribution in [2.24, 2.45) is 4.99 Å². The fourth-order valence-corrected chi connectivity index (χ4v) is 0.991. The smallest absolute Gasteiger partial charge is 0.145 e. The van der Waals surface area contributed by atoms with Crippen molar-refractivity contribution in [3.05, 3.63) is 18.2 Å². The van der Waals surface area contributed by atoms with Gasteiger partial charge in [-0.2, -0.15) is 0 Å². The Morgan fingerprint density at radius 3 is 3.27 bits per heavy atom. The second kappa shape index (κ2) is 2.27. The van der Waals surface area contributed by atoms with Crippen LogP contribution in [-0.4, -0.2) is 17.9 Å². The predicted octanol–water partition coefficient (Wildman–Crippen LogP) is 1.49. The van der Waals surface area contributed by atoms with Crippen molar-refractivity contribution in [3.8, 4) is 11.5 Å². The fraction of sp³-hybridized carbons (Fsp3) is 0.125. The molecular formula is C8H7NO2. The summed E-state index contributed by atoms with van der Waals surface area (Å²) in [5.74, 6) is 0.941. The van der Waals surface area contributed by atoms with Gasteiger partial charge in [-0.25, -0.2) is 0 Å². The lowest BCUT2D eigenvalue weighted by molar-refractivity contribution is 0.375. The third-order valence-corrected chi connectivity index (χ3v) is 1.49. The van der Waals surface area contributed by atoms with E-state index in [9.17, 15) is 0 Å². The van der Waals surface area contributed by atoms with E-state index in [0.717, 1.165) is 5.75 Å². The number of benzene rings is 1. The monoisotopic (exact) mass is 149 g/mol. The SMILES string of the molecule is Oc1ccc2c(c1)N=CCO2. The second-order valence-corrected chi connectivity index (χ2v) is 2.27. The first kappa shape index (κ1) is 6.22. The number of ether oxygens (including phenoxy) is 1. The van der Waals surface area contributed by atoms with E-state index in [-0.39, 0.29) is 5.75 Å². The molecule has 0 saturated heterocycles. The van der Waals surface area contributed by atoms with Gasteiger partial charge < -0.3 is 9.84 Å². The first-order valence-electron chi connectivity index (χ1n) is 3.34. The van der Waals surface area contributed by atoms with Crippen molar-refractivity contribution < 1.29 is 9.84 Å². The minimum atomic E-state index is 0.214. The summed E-state index contributed by atoms with van der Waals surface area (Å²) in [6.45, 7) is 0.512. The molecule has 0 bridgehead atoms. The summed E-state index contributed by atoms with van der Waals surface area (Å²) in [4.78, 5) is 4.04. The Labute approximate surface area is 64.0 Å². The molecule has 0 radical (unpaired) electrons. The van der Waals surface area contributed by atoms with E-state index in [1.165, 1.54) is 0 Å². The number of rotatable bonds is 0. The summed E-state index contributed by atoms with van der Waals surface area (Å²) in [5.41, 5.74) is 0.691. The number of phenolic OH excluding ortho intramolecular Hbond substituents is 1. The van der Waals surface area contributed by atoms with Gasteiger partial charge in [-0.1, -0.05) is 0 Å². The van der Waals surface area contributed by atoms with E-state index >= 15 is 0 Å². The van der Waals surface area contributed by atoms with Crippen molar-refractivity contribution in [2.75, 3.05) is 6.61 Å². The molecule has 1 aromatic carbocycles. The Bertz CT molecular complexity index is 307. The van der Waals surface area contributed by atoms with Crippen LogP contribution in [0, 0.1) is 0 Å². The van der Waals surface area contributed by atoms with E-state index in [0.29, 0.717) is 12.3 Å². The van der Waals surface area contributed by atoms with Gasteiger partial charge in [0.15, 0.2) is 0 Å². The second-order valence-electron chi connectivity index (χ2n) is 2.27. The van der Waals surface area contributed by atoms with Gasteiger partial charge in [0.25, 0.3) is 0 Å². The van der Waals surface area contributed by atoms with Crippen LogP contribution >= 0.6 is 0 Å². The molecule has 0 aromatic heterocycles. The molecule has 3 nitrogen and oxygen atoms in total. The summed E-state index contributed by atoms with van der Waals surface area (Å²) in [7, 11) is 0. The lowest BCUT2D eigenvalue weighted by Crippen LogP contribution is -2.02. The average Bonchev–Trinajstić information content (AvgIpc) is 2.04. The number of hydrogen-bond donors (Lipinski definition) is 1. The van der Waals surface area contributed by atoms with E-state index in [2.05, 4.69) is 4.99 Å². The summed E-state index contributed by atoms with van der Waals surface area (Å²) in [6, 6.07) is 4.87. The molecule has 1 aromatic rings. The minimum Gasteiger partial charge on any atom is -0.508 e. The summed E-state index contributed by atoms with van der Waals surface area (Å²) >= 11 is 0. The molecule has 3 heteroatoms. The largest absolute Gasteiger partial charge is 0.508 e. The molecule has 1 aliphatic rings. The number of hydrogen-bond acceptors (Lipinski definition) is 3. The van der Waals surface area contributed by atoms with Gasteiger partial charge in [0.2, 0.25) is 0 Å². The predicted molar refractivity (Wildman–Crippen MR) is 41.8 cm³/mol. The molecule has 1 aliphatic heterocycles. The normalized spacial score (nSPS) is 13.8. The molecule has 0 aliphatic carbocycles. The van der Waals surface area contributed by atoms with Crippen molar-refractivity contribution in [1.29, 1.82) is 0 Å². The Kier molecular flexibility index (Phi) is 1.28. The highest BCUT2D eigenvalue weighted by atomic mass is 16.5. The van der Waals surface area contributed by atoms with Gasteiger partial charge in [-0.15, -0.1) is 0 Å². The van der Waals surface area contributed by atoms with Crippen LogP contribution in [0.15, 0.2) is 23.2 Å². The molecule has 0 saturated carbocycles. The number of aliphatic imine (C=N–C) groups is 1. The summed E-state index contributed by atoms with van der Waals surface area (Å²) < 4.78 is 5.22. The number of fused-ring (bicyclic) bond motifs is 1. The molecule has 11 heavy (non-hydrogen) atoms. The zero-order valence-electron chi connectivity index (χ0n) is 5.82. The van der Waals surface area contributed by atoms with E-state index in [4.69, 9.17) is 9.84 Å². The molecule has 1 N–H and O–H groups in total. The first-order chi connectivity index (χ1) is 5.36. The van der Waals surface area contributed by atoms with Crippen LogP contribution in [-0.2, 0) is 0 Å². The highest BCUT2D eigenvalue weighted by Crippen LogP contribution is 2.32. The number of nitrogens with zero attached hydrogens (tertiary/aromatic N) is 1. The van der Waals surface area contributed by atoms with Crippen LogP contribution in [0.1, 0.15) is 0 Å². The number of phenols is 1. The molecule has 56 valence electrons. The molecule has 0 atom stereocenters. The Balaban J connectivity index is 2.54. The van der Waals surface area contributed by atoms with Crippen LogP contribution in [0.2, 0.25) is 0 Å². The standard InChI is InChI=1S/C8H7NO2/c10-6-1-2-8-7(5-6)9-3-4-11-8/h1-3,5,10H,4H2. The van der Waals surface area contributed by atoms with Crippen LogP contribution in [0.3, 0.4) is 0 Å². The topological polar surface area (TPSA) is 41.8 Å². The average molecular weight is 149 g/mol. The van der Waals surface area contributed by atoms with Gasteiger partial charge in [0, 0.05) is 12.3 Å². The van der Waals surface area contributed by atoms with Gasteiger partial charge in [0.1, 0.15) is 23.8 Å².